The highest BCUT2D eigenvalue weighted by atomic mass is 79.9. The minimum Gasteiger partial charge on any atom is -0.512 e. The van der Waals surface area contributed by atoms with Crippen molar-refractivity contribution in [1.82, 2.24) is 0 Å². The van der Waals surface area contributed by atoms with E-state index in [2.05, 4.69) is 15.9 Å². The summed E-state index contributed by atoms with van der Waals surface area (Å²) in [7, 11) is 1.56. The van der Waals surface area contributed by atoms with E-state index in [4.69, 9.17) is 9.84 Å². The van der Waals surface area contributed by atoms with Gasteiger partial charge in [-0.05, 0) is 13.8 Å². The predicted octanol–water partition coefficient (Wildman–Crippen LogP) is 2.72. The van der Waals surface area contributed by atoms with Gasteiger partial charge in [0.15, 0.2) is 0 Å². The Bertz CT molecular complexity index is 162. The van der Waals surface area contributed by atoms with Crippen LogP contribution >= 0.6 is 15.9 Å². The second-order valence-electron chi connectivity index (χ2n) is 1.89. The Morgan fingerprint density at radius 3 is 2.10 bits per heavy atom. The van der Waals surface area contributed by atoms with Crippen LogP contribution in [0.25, 0.3) is 0 Å². The number of ether oxygens (including phenoxy) is 1. The molecule has 0 saturated carbocycles. The van der Waals surface area contributed by atoms with E-state index in [9.17, 15) is 0 Å². The lowest BCUT2D eigenvalue weighted by atomic mass is 10.4. The van der Waals surface area contributed by atoms with Gasteiger partial charge >= 0.3 is 0 Å². The summed E-state index contributed by atoms with van der Waals surface area (Å²) in [5.74, 6) is 0.871. The highest BCUT2D eigenvalue weighted by Gasteiger charge is 1.95. The Morgan fingerprint density at radius 1 is 1.50 bits per heavy atom. The first kappa shape index (κ1) is 9.56. The van der Waals surface area contributed by atoms with E-state index in [0.29, 0.717) is 5.76 Å². The number of methoxy groups -OCH3 is 1. The second kappa shape index (κ2) is 4.39. The molecule has 0 aliphatic carbocycles. The molecule has 0 aromatic rings. The van der Waals surface area contributed by atoms with Crippen LogP contribution < -0.4 is 0 Å². The van der Waals surface area contributed by atoms with Crippen molar-refractivity contribution in [3.63, 3.8) is 0 Å². The molecule has 0 aliphatic heterocycles. The maximum Gasteiger partial charge on any atom is 0.131 e. The summed E-state index contributed by atoms with van der Waals surface area (Å²) in [6.45, 7) is 3.44. The lowest BCUT2D eigenvalue weighted by molar-refractivity contribution is 0.300. The molecule has 1 N–H and O–H groups in total. The zero-order valence-electron chi connectivity index (χ0n) is 6.31. The molecule has 0 spiro atoms. The number of aliphatic hydroxyl groups excluding tert-OH is 1. The molecule has 3 heteroatoms. The third kappa shape index (κ3) is 3.56. The summed E-state index contributed by atoms with van der Waals surface area (Å²) in [5.41, 5.74) is 0. The molecule has 0 aromatic heterocycles. The molecule has 0 atom stereocenters. The SMILES string of the molecule is COC(/C=C(\C)O)=C(/C)Br. The van der Waals surface area contributed by atoms with Crippen LogP contribution in [0.4, 0.5) is 0 Å². The topological polar surface area (TPSA) is 29.5 Å². The van der Waals surface area contributed by atoms with Gasteiger partial charge in [-0.3, -0.25) is 0 Å². The molecule has 0 amide bonds. The largest absolute Gasteiger partial charge is 0.512 e. The van der Waals surface area contributed by atoms with Crippen LogP contribution in [0.2, 0.25) is 0 Å². The zero-order valence-corrected chi connectivity index (χ0v) is 7.90. The second-order valence-corrected chi connectivity index (χ2v) is 3.08. The fourth-order valence-corrected chi connectivity index (χ4v) is 0.765. The Balaban J connectivity index is 4.40. The van der Waals surface area contributed by atoms with Crippen LogP contribution in [0.15, 0.2) is 22.1 Å². The minimum absolute atomic E-state index is 0.232. The van der Waals surface area contributed by atoms with E-state index < -0.39 is 0 Å². The maximum atomic E-state index is 8.83. The van der Waals surface area contributed by atoms with Crippen molar-refractivity contribution in [2.45, 2.75) is 13.8 Å². The first-order chi connectivity index (χ1) is 4.57. The van der Waals surface area contributed by atoms with Crippen molar-refractivity contribution in [3.05, 3.63) is 22.1 Å². The Morgan fingerprint density at radius 2 is 2.00 bits per heavy atom. The molecule has 0 unspecified atom stereocenters. The number of allylic oxidation sites excluding steroid dienone is 3. The fraction of sp³-hybridized carbons (Fsp3) is 0.429. The van der Waals surface area contributed by atoms with Gasteiger partial charge in [-0.15, -0.1) is 0 Å². The Hall–Kier alpha value is -0.440. The summed E-state index contributed by atoms with van der Waals surface area (Å²) in [6, 6.07) is 0. The highest BCUT2D eigenvalue weighted by molar-refractivity contribution is 9.11. The van der Waals surface area contributed by atoms with Crippen molar-refractivity contribution in [2.24, 2.45) is 0 Å². The van der Waals surface area contributed by atoms with Gasteiger partial charge in [0.05, 0.1) is 12.9 Å². The number of aliphatic hydroxyl groups is 1. The van der Waals surface area contributed by atoms with Crippen LogP contribution in [-0.4, -0.2) is 12.2 Å². The molecule has 0 bridgehead atoms. The van der Waals surface area contributed by atoms with Crippen LogP contribution in [0.5, 0.6) is 0 Å². The highest BCUT2D eigenvalue weighted by Crippen LogP contribution is 2.13. The van der Waals surface area contributed by atoms with Crippen molar-refractivity contribution >= 4 is 15.9 Å². The minimum atomic E-state index is 0.232. The summed E-state index contributed by atoms with van der Waals surface area (Å²) >= 11 is 3.23. The number of hydrogen-bond acceptors (Lipinski definition) is 2. The molecular formula is C7H11BrO2. The van der Waals surface area contributed by atoms with Crippen LogP contribution in [0.3, 0.4) is 0 Å². The Labute approximate surface area is 69.3 Å². The zero-order chi connectivity index (χ0) is 8.15. The average Bonchev–Trinajstić information content (AvgIpc) is 1.81. The van der Waals surface area contributed by atoms with E-state index in [1.807, 2.05) is 6.92 Å². The van der Waals surface area contributed by atoms with Gasteiger partial charge < -0.3 is 9.84 Å². The third-order valence-electron chi connectivity index (χ3n) is 0.899. The standard InChI is InChI=1S/C7H11BrO2/c1-5(9)4-7(10-3)6(2)8/h4,9H,1-3H3/b5-4+,7-6-. The van der Waals surface area contributed by atoms with E-state index >= 15 is 0 Å². The number of hydrogen-bond donors (Lipinski definition) is 1. The van der Waals surface area contributed by atoms with Gasteiger partial charge in [-0.1, -0.05) is 15.9 Å². The van der Waals surface area contributed by atoms with E-state index in [0.717, 1.165) is 4.48 Å². The molecule has 2 nitrogen and oxygen atoms in total. The Kier molecular flexibility index (Phi) is 4.19. The summed E-state index contributed by atoms with van der Waals surface area (Å²) < 4.78 is 5.78. The molecule has 0 saturated heterocycles. The molecule has 0 aromatic carbocycles. The van der Waals surface area contributed by atoms with Crippen LogP contribution in [0.1, 0.15) is 13.8 Å². The molecule has 10 heavy (non-hydrogen) atoms. The molecular weight excluding hydrogens is 196 g/mol. The molecule has 58 valence electrons. The molecule has 0 aliphatic rings. The first-order valence-corrected chi connectivity index (χ1v) is 3.65. The van der Waals surface area contributed by atoms with Gasteiger partial charge in [0.1, 0.15) is 5.76 Å². The van der Waals surface area contributed by atoms with E-state index in [1.165, 1.54) is 0 Å². The maximum absolute atomic E-state index is 8.83. The van der Waals surface area contributed by atoms with E-state index in [1.54, 1.807) is 20.1 Å². The van der Waals surface area contributed by atoms with Crippen molar-refractivity contribution < 1.29 is 9.84 Å². The van der Waals surface area contributed by atoms with Gasteiger partial charge in [0.25, 0.3) is 0 Å². The van der Waals surface area contributed by atoms with Gasteiger partial charge in [0.2, 0.25) is 0 Å². The van der Waals surface area contributed by atoms with Crippen LogP contribution in [-0.2, 0) is 4.74 Å². The lowest BCUT2D eigenvalue weighted by Crippen LogP contribution is -1.85. The number of rotatable bonds is 2. The first-order valence-electron chi connectivity index (χ1n) is 2.85. The average molecular weight is 207 g/mol. The van der Waals surface area contributed by atoms with Gasteiger partial charge in [-0.25, -0.2) is 0 Å². The van der Waals surface area contributed by atoms with Crippen molar-refractivity contribution in [1.29, 1.82) is 0 Å². The molecule has 0 radical (unpaired) electrons. The van der Waals surface area contributed by atoms with Gasteiger partial charge in [0, 0.05) is 10.6 Å². The van der Waals surface area contributed by atoms with Crippen LogP contribution in [0, 0.1) is 0 Å². The van der Waals surface area contributed by atoms with Gasteiger partial charge in [-0.2, -0.15) is 0 Å². The fourth-order valence-electron chi connectivity index (χ4n) is 0.489. The number of halogens is 1. The normalized spacial score (nSPS) is 14.6. The summed E-state index contributed by atoms with van der Waals surface area (Å²) in [4.78, 5) is 0. The van der Waals surface area contributed by atoms with Crippen molar-refractivity contribution in [2.75, 3.05) is 7.11 Å². The van der Waals surface area contributed by atoms with Crippen molar-refractivity contribution in [3.8, 4) is 0 Å². The molecule has 0 fully saturated rings. The third-order valence-corrected chi connectivity index (χ3v) is 1.29. The molecule has 0 heterocycles. The predicted molar refractivity (Wildman–Crippen MR) is 45.0 cm³/mol. The smallest absolute Gasteiger partial charge is 0.131 e. The lowest BCUT2D eigenvalue weighted by Gasteiger charge is -2.00. The monoisotopic (exact) mass is 206 g/mol. The summed E-state index contributed by atoms with van der Waals surface area (Å²) in [5, 5.41) is 8.83. The van der Waals surface area contributed by atoms with E-state index in [-0.39, 0.29) is 5.76 Å². The summed E-state index contributed by atoms with van der Waals surface area (Å²) in [6.07, 6.45) is 1.55. The quantitative estimate of drug-likeness (QED) is 0.557. The molecule has 0 rings (SSSR count).